The molecule has 5 nitrogen and oxygen atoms in total. The third kappa shape index (κ3) is 2.59. The van der Waals surface area contributed by atoms with Crippen LogP contribution < -0.4 is 5.56 Å². The third-order valence-electron chi connectivity index (χ3n) is 1.55. The summed E-state index contributed by atoms with van der Waals surface area (Å²) in [5, 5.41) is 0. The average molecular weight is 236 g/mol. The Bertz CT molecular complexity index is 453. The minimum absolute atomic E-state index is 0.0593. The van der Waals surface area contributed by atoms with Gasteiger partial charge in [-0.15, -0.1) is 0 Å². The van der Waals surface area contributed by atoms with Crippen molar-refractivity contribution in [3.05, 3.63) is 27.9 Å². The molecular weight excluding hydrogens is 229 g/mol. The molecule has 0 saturated carbocycles. The zero-order chi connectivity index (χ0) is 12.3. The van der Waals surface area contributed by atoms with Crippen LogP contribution >= 0.6 is 0 Å². The molecule has 0 bridgehead atoms. The molecule has 0 saturated heterocycles. The van der Waals surface area contributed by atoms with Gasteiger partial charge in [0, 0.05) is 6.20 Å². The number of aromatic nitrogens is 2. The number of ether oxygens (including phenoxy) is 1. The van der Waals surface area contributed by atoms with E-state index >= 15 is 0 Å². The maximum Gasteiger partial charge on any atom is 0.434 e. The average Bonchev–Trinajstić information content (AvgIpc) is 2.16. The highest BCUT2D eigenvalue weighted by Crippen LogP contribution is 2.26. The van der Waals surface area contributed by atoms with Gasteiger partial charge in [-0.3, -0.25) is 4.79 Å². The topological polar surface area (TPSA) is 72.0 Å². The standard InChI is InChI=1S/C8H7F3N2O3/c1-2-16-7(15)5-6(14)12-3-4(13-5)8(9,10)11/h3H,2H2,1H3,(H,12,14). The molecule has 0 aliphatic carbocycles. The molecule has 16 heavy (non-hydrogen) atoms. The lowest BCUT2D eigenvalue weighted by atomic mass is 10.4. The number of carbonyl (C=O) groups is 1. The number of aromatic amines is 1. The second kappa shape index (κ2) is 4.33. The summed E-state index contributed by atoms with van der Waals surface area (Å²) in [6, 6.07) is 0. The van der Waals surface area contributed by atoms with Crippen LogP contribution in [0.4, 0.5) is 13.2 Å². The van der Waals surface area contributed by atoms with Crippen LogP contribution in [0.2, 0.25) is 0 Å². The summed E-state index contributed by atoms with van der Waals surface area (Å²) in [7, 11) is 0. The van der Waals surface area contributed by atoms with Crippen LogP contribution in [0.3, 0.4) is 0 Å². The van der Waals surface area contributed by atoms with Crippen molar-refractivity contribution in [2.45, 2.75) is 13.1 Å². The van der Waals surface area contributed by atoms with Crippen molar-refractivity contribution in [1.29, 1.82) is 0 Å². The van der Waals surface area contributed by atoms with E-state index < -0.39 is 29.1 Å². The van der Waals surface area contributed by atoms with Crippen LogP contribution in [-0.4, -0.2) is 22.5 Å². The summed E-state index contributed by atoms with van der Waals surface area (Å²) < 4.78 is 41.0. The third-order valence-corrected chi connectivity index (χ3v) is 1.55. The lowest BCUT2D eigenvalue weighted by Crippen LogP contribution is -2.25. The van der Waals surface area contributed by atoms with Crippen molar-refractivity contribution in [1.82, 2.24) is 9.97 Å². The Labute approximate surface area is 87.3 Å². The number of rotatable bonds is 2. The van der Waals surface area contributed by atoms with Gasteiger partial charge in [-0.2, -0.15) is 13.2 Å². The van der Waals surface area contributed by atoms with Crippen LogP contribution in [0, 0.1) is 0 Å². The number of nitrogens with one attached hydrogen (secondary N) is 1. The van der Waals surface area contributed by atoms with Gasteiger partial charge in [0.05, 0.1) is 6.61 Å². The smallest absolute Gasteiger partial charge is 0.434 e. The molecule has 0 spiro atoms. The molecule has 0 amide bonds. The van der Waals surface area contributed by atoms with E-state index in [1.165, 1.54) is 6.92 Å². The molecule has 1 aromatic rings. The zero-order valence-electron chi connectivity index (χ0n) is 8.09. The molecule has 88 valence electrons. The highest BCUT2D eigenvalue weighted by Gasteiger charge is 2.34. The molecule has 0 unspecified atom stereocenters. The first-order valence-corrected chi connectivity index (χ1v) is 4.20. The normalized spacial score (nSPS) is 11.2. The summed E-state index contributed by atoms with van der Waals surface area (Å²) in [4.78, 5) is 26.8. The Balaban J connectivity index is 3.19. The molecule has 0 fully saturated rings. The summed E-state index contributed by atoms with van der Waals surface area (Å²) in [6.07, 6.45) is -4.34. The van der Waals surface area contributed by atoms with Crippen molar-refractivity contribution < 1.29 is 22.7 Å². The predicted octanol–water partition coefficient (Wildman–Crippen LogP) is 0.965. The maximum absolute atomic E-state index is 12.2. The van der Waals surface area contributed by atoms with Crippen LogP contribution in [0.1, 0.15) is 23.1 Å². The minimum atomic E-state index is -4.73. The monoisotopic (exact) mass is 236 g/mol. The van der Waals surface area contributed by atoms with E-state index in [2.05, 4.69) is 9.72 Å². The number of carbonyl (C=O) groups excluding carboxylic acids is 1. The number of nitrogens with zero attached hydrogens (tertiary/aromatic N) is 1. The number of hydrogen-bond donors (Lipinski definition) is 1. The van der Waals surface area contributed by atoms with Gasteiger partial charge in [0.25, 0.3) is 5.56 Å². The Hall–Kier alpha value is -1.86. The number of H-pyrrole nitrogens is 1. The number of halogens is 3. The molecule has 0 aromatic carbocycles. The van der Waals surface area contributed by atoms with Crippen molar-refractivity contribution in [2.75, 3.05) is 6.61 Å². The first kappa shape index (κ1) is 12.2. The predicted molar refractivity (Wildman–Crippen MR) is 45.8 cm³/mol. The first-order chi connectivity index (χ1) is 7.36. The Morgan fingerprint density at radius 1 is 1.56 bits per heavy atom. The summed E-state index contributed by atoms with van der Waals surface area (Å²) >= 11 is 0. The minimum Gasteiger partial charge on any atom is -0.461 e. The molecule has 1 rings (SSSR count). The van der Waals surface area contributed by atoms with Crippen LogP contribution in [-0.2, 0) is 10.9 Å². The van der Waals surface area contributed by atoms with Gasteiger partial charge < -0.3 is 9.72 Å². The molecule has 0 radical (unpaired) electrons. The number of esters is 1. The van der Waals surface area contributed by atoms with E-state index in [1.54, 1.807) is 4.98 Å². The lowest BCUT2D eigenvalue weighted by Gasteiger charge is -2.06. The maximum atomic E-state index is 12.2. The van der Waals surface area contributed by atoms with Crippen LogP contribution in [0.25, 0.3) is 0 Å². The van der Waals surface area contributed by atoms with Gasteiger partial charge in [0.15, 0.2) is 5.69 Å². The molecule has 8 heteroatoms. The molecule has 1 N–H and O–H groups in total. The Morgan fingerprint density at radius 3 is 2.69 bits per heavy atom. The van der Waals surface area contributed by atoms with Gasteiger partial charge in [-0.25, -0.2) is 9.78 Å². The van der Waals surface area contributed by atoms with Gasteiger partial charge in [-0.1, -0.05) is 0 Å². The fourth-order valence-electron chi connectivity index (χ4n) is 0.889. The highest BCUT2D eigenvalue weighted by molar-refractivity contribution is 5.86. The van der Waals surface area contributed by atoms with E-state index in [1.807, 2.05) is 0 Å². The van der Waals surface area contributed by atoms with Gasteiger partial charge in [0.2, 0.25) is 5.69 Å². The molecule has 1 aromatic heterocycles. The van der Waals surface area contributed by atoms with Crippen molar-refractivity contribution in [3.63, 3.8) is 0 Å². The van der Waals surface area contributed by atoms with E-state index in [9.17, 15) is 22.8 Å². The SMILES string of the molecule is CCOC(=O)c1nc(C(F)(F)F)c[nH]c1=O. The first-order valence-electron chi connectivity index (χ1n) is 4.20. The highest BCUT2D eigenvalue weighted by atomic mass is 19.4. The van der Waals surface area contributed by atoms with Gasteiger partial charge in [0.1, 0.15) is 0 Å². The molecule has 0 aliphatic rings. The van der Waals surface area contributed by atoms with Crippen molar-refractivity contribution in [3.8, 4) is 0 Å². The Morgan fingerprint density at radius 2 is 2.19 bits per heavy atom. The largest absolute Gasteiger partial charge is 0.461 e. The second-order valence-electron chi connectivity index (χ2n) is 2.68. The molecule has 0 atom stereocenters. The van der Waals surface area contributed by atoms with Crippen molar-refractivity contribution in [2.24, 2.45) is 0 Å². The quantitative estimate of drug-likeness (QED) is 0.776. The van der Waals surface area contributed by atoms with E-state index in [4.69, 9.17) is 0 Å². The van der Waals surface area contributed by atoms with Gasteiger partial charge >= 0.3 is 12.1 Å². The number of alkyl halides is 3. The lowest BCUT2D eigenvalue weighted by molar-refractivity contribution is -0.141. The molecule has 0 aliphatic heterocycles. The van der Waals surface area contributed by atoms with Crippen LogP contribution in [0.5, 0.6) is 0 Å². The van der Waals surface area contributed by atoms with E-state index in [0.29, 0.717) is 6.20 Å². The van der Waals surface area contributed by atoms with Gasteiger partial charge in [-0.05, 0) is 6.92 Å². The molecule has 1 heterocycles. The summed E-state index contributed by atoms with van der Waals surface area (Å²) in [6.45, 7) is 1.40. The number of hydrogen-bond acceptors (Lipinski definition) is 4. The Kier molecular flexibility index (Phi) is 3.31. The molecular formula is C8H7F3N2O3. The summed E-state index contributed by atoms with van der Waals surface area (Å²) in [5.41, 5.74) is -3.28. The second-order valence-corrected chi connectivity index (χ2v) is 2.68. The fraction of sp³-hybridized carbons (Fsp3) is 0.375. The fourth-order valence-corrected chi connectivity index (χ4v) is 0.889. The summed E-state index contributed by atoms with van der Waals surface area (Å²) in [5.74, 6) is -1.19. The zero-order valence-corrected chi connectivity index (χ0v) is 8.09. The van der Waals surface area contributed by atoms with E-state index in [0.717, 1.165) is 0 Å². The van der Waals surface area contributed by atoms with E-state index in [-0.39, 0.29) is 6.61 Å². The van der Waals surface area contributed by atoms with Crippen LogP contribution in [0.15, 0.2) is 11.0 Å². The van der Waals surface area contributed by atoms with Crippen molar-refractivity contribution >= 4 is 5.97 Å².